The fourth-order valence-corrected chi connectivity index (χ4v) is 3.80. The van der Waals surface area contributed by atoms with Gasteiger partial charge in [0.1, 0.15) is 0 Å². The normalized spacial score (nSPS) is 14.6. The standard InChI is InChI=1S/C18H23BrN2O2S/c1-13(20-14(2)16-6-5-7-17(19)12-16)15-8-10-18(11-9-15)24(22,23)21(3)4/h5-14,20H,1-4H3. The Morgan fingerprint density at radius 3 is 2.08 bits per heavy atom. The molecule has 130 valence electrons. The highest BCUT2D eigenvalue weighted by Gasteiger charge is 2.18. The molecule has 0 heterocycles. The van der Waals surface area contributed by atoms with E-state index in [1.54, 1.807) is 12.1 Å². The molecule has 0 fully saturated rings. The lowest BCUT2D eigenvalue weighted by Crippen LogP contribution is -2.23. The van der Waals surface area contributed by atoms with Crippen LogP contribution >= 0.6 is 15.9 Å². The Kier molecular flexibility index (Phi) is 6.20. The number of nitrogens with one attached hydrogen (secondary N) is 1. The van der Waals surface area contributed by atoms with Crippen LogP contribution in [0.5, 0.6) is 0 Å². The lowest BCUT2D eigenvalue weighted by atomic mass is 10.0. The maximum absolute atomic E-state index is 12.1. The van der Waals surface area contributed by atoms with Crippen molar-refractivity contribution in [2.75, 3.05) is 14.1 Å². The van der Waals surface area contributed by atoms with Crippen molar-refractivity contribution >= 4 is 26.0 Å². The highest BCUT2D eigenvalue weighted by Crippen LogP contribution is 2.23. The van der Waals surface area contributed by atoms with E-state index in [0.29, 0.717) is 4.90 Å². The van der Waals surface area contributed by atoms with Crippen LogP contribution in [0.15, 0.2) is 57.9 Å². The van der Waals surface area contributed by atoms with E-state index in [2.05, 4.69) is 47.2 Å². The number of benzene rings is 2. The summed E-state index contributed by atoms with van der Waals surface area (Å²) in [6, 6.07) is 15.5. The fourth-order valence-electron chi connectivity index (χ4n) is 2.48. The molecule has 0 aromatic heterocycles. The third-order valence-corrected chi connectivity index (χ3v) is 6.33. The second kappa shape index (κ2) is 7.78. The van der Waals surface area contributed by atoms with Crippen molar-refractivity contribution in [2.24, 2.45) is 0 Å². The molecule has 0 amide bonds. The van der Waals surface area contributed by atoms with Crippen LogP contribution in [0.1, 0.15) is 37.1 Å². The van der Waals surface area contributed by atoms with Gasteiger partial charge in [-0.3, -0.25) is 0 Å². The average molecular weight is 411 g/mol. The molecule has 0 aliphatic heterocycles. The van der Waals surface area contributed by atoms with Gasteiger partial charge in [0.2, 0.25) is 10.0 Å². The second-order valence-corrected chi connectivity index (χ2v) is 9.09. The predicted molar refractivity (Wildman–Crippen MR) is 101 cm³/mol. The largest absolute Gasteiger partial charge is 0.304 e. The van der Waals surface area contributed by atoms with Gasteiger partial charge in [-0.2, -0.15) is 0 Å². The molecular weight excluding hydrogens is 388 g/mol. The quantitative estimate of drug-likeness (QED) is 0.778. The number of sulfonamides is 1. The minimum Gasteiger partial charge on any atom is -0.304 e. The Hall–Kier alpha value is -1.21. The number of hydrogen-bond acceptors (Lipinski definition) is 3. The smallest absolute Gasteiger partial charge is 0.242 e. The fraction of sp³-hybridized carbons (Fsp3) is 0.333. The first-order valence-electron chi connectivity index (χ1n) is 7.76. The molecule has 2 aromatic carbocycles. The summed E-state index contributed by atoms with van der Waals surface area (Å²) in [5.74, 6) is 0. The molecule has 2 rings (SSSR count). The maximum atomic E-state index is 12.1. The second-order valence-electron chi connectivity index (χ2n) is 6.02. The summed E-state index contributed by atoms with van der Waals surface area (Å²) in [5.41, 5.74) is 2.25. The molecule has 0 spiro atoms. The molecular formula is C18H23BrN2O2S. The van der Waals surface area contributed by atoms with Gasteiger partial charge in [-0.1, -0.05) is 40.2 Å². The van der Waals surface area contributed by atoms with E-state index in [4.69, 9.17) is 0 Å². The van der Waals surface area contributed by atoms with Crippen LogP contribution in [0.4, 0.5) is 0 Å². The van der Waals surface area contributed by atoms with Crippen LogP contribution in [0, 0.1) is 0 Å². The summed E-state index contributed by atoms with van der Waals surface area (Å²) < 4.78 is 26.5. The molecule has 2 aromatic rings. The summed E-state index contributed by atoms with van der Waals surface area (Å²) in [5, 5.41) is 3.54. The molecule has 0 aliphatic rings. The van der Waals surface area contributed by atoms with Crippen molar-refractivity contribution in [1.29, 1.82) is 0 Å². The number of nitrogens with zero attached hydrogens (tertiary/aromatic N) is 1. The van der Waals surface area contributed by atoms with Gasteiger partial charge >= 0.3 is 0 Å². The highest BCUT2D eigenvalue weighted by atomic mass is 79.9. The summed E-state index contributed by atoms with van der Waals surface area (Å²) >= 11 is 3.49. The Morgan fingerprint density at radius 1 is 0.958 bits per heavy atom. The molecule has 2 unspecified atom stereocenters. The van der Waals surface area contributed by atoms with Crippen LogP contribution in [-0.2, 0) is 10.0 Å². The van der Waals surface area contributed by atoms with Crippen molar-refractivity contribution in [1.82, 2.24) is 9.62 Å². The van der Waals surface area contributed by atoms with Crippen LogP contribution in [0.2, 0.25) is 0 Å². The zero-order valence-electron chi connectivity index (χ0n) is 14.3. The van der Waals surface area contributed by atoms with E-state index in [9.17, 15) is 8.42 Å². The third kappa shape index (κ3) is 4.45. The van der Waals surface area contributed by atoms with E-state index in [-0.39, 0.29) is 12.1 Å². The van der Waals surface area contributed by atoms with Gasteiger partial charge in [-0.25, -0.2) is 12.7 Å². The molecule has 2 atom stereocenters. The maximum Gasteiger partial charge on any atom is 0.242 e. The molecule has 0 saturated carbocycles. The molecule has 0 saturated heterocycles. The first-order valence-corrected chi connectivity index (χ1v) is 9.99. The van der Waals surface area contributed by atoms with Gasteiger partial charge < -0.3 is 5.32 Å². The molecule has 0 radical (unpaired) electrons. The lowest BCUT2D eigenvalue weighted by Gasteiger charge is -2.21. The van der Waals surface area contributed by atoms with Crippen LogP contribution < -0.4 is 5.32 Å². The molecule has 24 heavy (non-hydrogen) atoms. The van der Waals surface area contributed by atoms with Gasteiger partial charge in [0, 0.05) is 30.7 Å². The minimum atomic E-state index is -3.38. The van der Waals surface area contributed by atoms with Crippen LogP contribution in [0.25, 0.3) is 0 Å². The van der Waals surface area contributed by atoms with Crippen molar-refractivity contribution in [3.8, 4) is 0 Å². The number of rotatable bonds is 6. The van der Waals surface area contributed by atoms with Crippen LogP contribution in [-0.4, -0.2) is 26.8 Å². The zero-order valence-corrected chi connectivity index (χ0v) is 16.7. The Morgan fingerprint density at radius 2 is 1.54 bits per heavy atom. The topological polar surface area (TPSA) is 49.4 Å². The third-order valence-electron chi connectivity index (χ3n) is 4.01. The molecule has 0 aliphatic carbocycles. The predicted octanol–water partition coefficient (Wildman–Crippen LogP) is 4.11. The van der Waals surface area contributed by atoms with Crippen LogP contribution in [0.3, 0.4) is 0 Å². The minimum absolute atomic E-state index is 0.107. The highest BCUT2D eigenvalue weighted by molar-refractivity contribution is 9.10. The van der Waals surface area contributed by atoms with E-state index in [1.165, 1.54) is 24.0 Å². The summed E-state index contributed by atoms with van der Waals surface area (Å²) in [7, 11) is -0.313. The monoisotopic (exact) mass is 410 g/mol. The van der Waals surface area contributed by atoms with Gasteiger partial charge in [0.05, 0.1) is 4.90 Å². The SMILES string of the molecule is CC(NC(C)c1cccc(Br)c1)c1ccc(S(=O)(=O)N(C)C)cc1. The average Bonchev–Trinajstić information content (AvgIpc) is 2.54. The van der Waals surface area contributed by atoms with Crippen molar-refractivity contribution in [3.63, 3.8) is 0 Å². The van der Waals surface area contributed by atoms with E-state index >= 15 is 0 Å². The molecule has 0 bridgehead atoms. The first kappa shape index (κ1) is 19.1. The number of hydrogen-bond donors (Lipinski definition) is 1. The summed E-state index contributed by atoms with van der Waals surface area (Å²) in [6.45, 7) is 4.19. The van der Waals surface area contributed by atoms with Gasteiger partial charge in [-0.05, 0) is 49.2 Å². The summed E-state index contributed by atoms with van der Waals surface area (Å²) in [6.07, 6.45) is 0. The van der Waals surface area contributed by atoms with Gasteiger partial charge in [0.25, 0.3) is 0 Å². The molecule has 1 N–H and O–H groups in total. The van der Waals surface area contributed by atoms with Gasteiger partial charge in [0.15, 0.2) is 0 Å². The zero-order chi connectivity index (χ0) is 17.9. The Bertz CT molecular complexity index is 789. The van der Waals surface area contributed by atoms with E-state index < -0.39 is 10.0 Å². The Balaban J connectivity index is 2.12. The van der Waals surface area contributed by atoms with Crippen molar-refractivity contribution < 1.29 is 8.42 Å². The number of halogens is 1. The lowest BCUT2D eigenvalue weighted by molar-refractivity contribution is 0.494. The van der Waals surface area contributed by atoms with Crippen molar-refractivity contribution in [3.05, 3.63) is 64.1 Å². The summed E-state index contributed by atoms with van der Waals surface area (Å²) in [4.78, 5) is 0.309. The molecule has 4 nitrogen and oxygen atoms in total. The van der Waals surface area contributed by atoms with Gasteiger partial charge in [-0.15, -0.1) is 0 Å². The van der Waals surface area contributed by atoms with E-state index in [0.717, 1.165) is 10.0 Å². The van der Waals surface area contributed by atoms with E-state index in [1.807, 2.05) is 24.3 Å². The Labute approximate surface area is 153 Å². The van der Waals surface area contributed by atoms with Crippen molar-refractivity contribution in [2.45, 2.75) is 30.8 Å². The molecule has 6 heteroatoms. The first-order chi connectivity index (χ1) is 11.2.